The molecule has 2 heterocycles. The molecule has 0 radical (unpaired) electrons. The predicted octanol–water partition coefficient (Wildman–Crippen LogP) is 3.81. The number of nitrogens with zero attached hydrogens (tertiary/aromatic N) is 2. The van der Waals surface area contributed by atoms with Crippen LogP contribution in [0, 0.1) is 0 Å². The minimum absolute atomic E-state index is 0.428. The summed E-state index contributed by atoms with van der Waals surface area (Å²) in [6.07, 6.45) is 0. The molecule has 0 aliphatic rings. The van der Waals surface area contributed by atoms with Gasteiger partial charge in [0.2, 0.25) is 5.82 Å². The molecule has 6 heteroatoms. The zero-order chi connectivity index (χ0) is 12.5. The number of halogens is 1. The van der Waals surface area contributed by atoms with Crippen molar-refractivity contribution in [2.75, 3.05) is 5.73 Å². The van der Waals surface area contributed by atoms with Crippen molar-refractivity contribution in [3.8, 4) is 22.2 Å². The molecule has 1 aromatic carbocycles. The molecule has 0 saturated heterocycles. The zero-order valence-electron chi connectivity index (χ0n) is 9.13. The van der Waals surface area contributed by atoms with E-state index >= 15 is 0 Å². The zero-order valence-corrected chi connectivity index (χ0v) is 11.5. The Morgan fingerprint density at radius 1 is 1.28 bits per heavy atom. The maximum atomic E-state index is 5.90. The summed E-state index contributed by atoms with van der Waals surface area (Å²) in [7, 11) is 0. The molecule has 0 spiro atoms. The molecule has 0 atom stereocenters. The van der Waals surface area contributed by atoms with Crippen LogP contribution in [0.25, 0.3) is 22.2 Å². The average molecular weight is 322 g/mol. The van der Waals surface area contributed by atoms with Crippen LogP contribution in [0.3, 0.4) is 0 Å². The lowest BCUT2D eigenvalue weighted by atomic mass is 10.2. The fraction of sp³-hybridized carbons (Fsp3) is 0. The number of hydrogen-bond acceptors (Lipinski definition) is 5. The number of rotatable bonds is 2. The molecule has 3 rings (SSSR count). The molecule has 0 aliphatic carbocycles. The highest BCUT2D eigenvalue weighted by atomic mass is 79.9. The van der Waals surface area contributed by atoms with Crippen LogP contribution in [0.15, 0.2) is 44.7 Å². The van der Waals surface area contributed by atoms with Gasteiger partial charge in [0.05, 0.1) is 10.4 Å². The molecule has 0 saturated carbocycles. The van der Waals surface area contributed by atoms with Gasteiger partial charge in [0.1, 0.15) is 0 Å². The van der Waals surface area contributed by atoms with Crippen LogP contribution in [-0.2, 0) is 0 Å². The van der Waals surface area contributed by atoms with E-state index in [2.05, 4.69) is 26.1 Å². The predicted molar refractivity (Wildman–Crippen MR) is 75.2 cm³/mol. The van der Waals surface area contributed by atoms with Crippen molar-refractivity contribution in [2.24, 2.45) is 0 Å². The maximum absolute atomic E-state index is 5.90. The number of nitrogens with two attached hydrogens (primary N) is 1. The van der Waals surface area contributed by atoms with E-state index in [0.29, 0.717) is 17.4 Å². The Morgan fingerprint density at radius 2 is 2.17 bits per heavy atom. The van der Waals surface area contributed by atoms with Gasteiger partial charge in [-0.05, 0) is 29.6 Å². The highest BCUT2D eigenvalue weighted by Gasteiger charge is 2.13. The second-order valence-corrected chi connectivity index (χ2v) is 5.50. The highest BCUT2D eigenvalue weighted by Crippen LogP contribution is 2.30. The second kappa shape index (κ2) is 4.55. The van der Waals surface area contributed by atoms with Gasteiger partial charge in [-0.15, -0.1) is 11.3 Å². The summed E-state index contributed by atoms with van der Waals surface area (Å²) in [5.41, 5.74) is 7.25. The van der Waals surface area contributed by atoms with Crippen molar-refractivity contribution in [2.45, 2.75) is 0 Å². The highest BCUT2D eigenvalue weighted by molar-refractivity contribution is 9.10. The van der Waals surface area contributed by atoms with E-state index in [9.17, 15) is 0 Å². The minimum atomic E-state index is 0.428. The lowest BCUT2D eigenvalue weighted by Gasteiger charge is -2.00. The van der Waals surface area contributed by atoms with E-state index in [0.717, 1.165) is 14.9 Å². The van der Waals surface area contributed by atoms with Gasteiger partial charge in [0.15, 0.2) is 0 Å². The molecule has 4 nitrogen and oxygen atoms in total. The SMILES string of the molecule is Nc1ccc(Br)cc1-c1nc(-c2cccs2)no1. The second-order valence-electron chi connectivity index (χ2n) is 3.63. The Bertz CT molecular complexity index is 678. The fourth-order valence-electron chi connectivity index (χ4n) is 1.55. The first-order chi connectivity index (χ1) is 8.74. The van der Waals surface area contributed by atoms with Crippen LogP contribution in [0.2, 0.25) is 0 Å². The van der Waals surface area contributed by atoms with Crippen molar-refractivity contribution in [3.05, 3.63) is 40.2 Å². The van der Waals surface area contributed by atoms with Crippen molar-refractivity contribution < 1.29 is 4.52 Å². The van der Waals surface area contributed by atoms with Crippen LogP contribution in [0.5, 0.6) is 0 Å². The monoisotopic (exact) mass is 321 g/mol. The molecule has 2 aromatic heterocycles. The van der Waals surface area contributed by atoms with Gasteiger partial charge in [0.25, 0.3) is 5.89 Å². The van der Waals surface area contributed by atoms with Crippen molar-refractivity contribution in [1.29, 1.82) is 0 Å². The molecule has 0 fully saturated rings. The van der Waals surface area contributed by atoms with Gasteiger partial charge < -0.3 is 10.3 Å². The van der Waals surface area contributed by atoms with Crippen LogP contribution in [-0.4, -0.2) is 10.1 Å². The molecule has 2 N–H and O–H groups in total. The molecule has 0 bridgehead atoms. The number of nitrogen functional groups attached to an aromatic ring is 1. The first-order valence-electron chi connectivity index (χ1n) is 5.17. The van der Waals surface area contributed by atoms with E-state index in [1.807, 2.05) is 29.6 Å². The first-order valence-corrected chi connectivity index (χ1v) is 6.84. The maximum Gasteiger partial charge on any atom is 0.260 e. The van der Waals surface area contributed by atoms with Gasteiger partial charge in [-0.2, -0.15) is 4.98 Å². The van der Waals surface area contributed by atoms with Crippen LogP contribution >= 0.6 is 27.3 Å². The summed E-state index contributed by atoms with van der Waals surface area (Å²) in [4.78, 5) is 5.33. The summed E-state index contributed by atoms with van der Waals surface area (Å²) in [6, 6.07) is 9.43. The number of hydrogen-bond donors (Lipinski definition) is 1. The average Bonchev–Trinajstić information content (AvgIpc) is 3.00. The van der Waals surface area contributed by atoms with E-state index in [1.165, 1.54) is 0 Å². The molecule has 0 aliphatic heterocycles. The van der Waals surface area contributed by atoms with Gasteiger partial charge >= 0.3 is 0 Å². The summed E-state index contributed by atoms with van der Waals surface area (Å²) in [5, 5.41) is 5.93. The Hall–Kier alpha value is -1.66. The van der Waals surface area contributed by atoms with Crippen LogP contribution in [0.4, 0.5) is 5.69 Å². The third kappa shape index (κ3) is 2.04. The largest absolute Gasteiger partial charge is 0.398 e. The Kier molecular flexibility index (Phi) is 2.89. The molecular weight excluding hydrogens is 314 g/mol. The lowest BCUT2D eigenvalue weighted by molar-refractivity contribution is 0.432. The summed E-state index contributed by atoms with van der Waals surface area (Å²) >= 11 is 4.96. The standard InChI is InChI=1S/C12H8BrN3OS/c13-7-3-4-9(14)8(6-7)12-15-11(16-17-12)10-2-1-5-18-10/h1-6H,14H2. The molecule has 0 unspecified atom stereocenters. The minimum Gasteiger partial charge on any atom is -0.398 e. The molecule has 0 amide bonds. The number of anilines is 1. The molecular formula is C12H8BrN3OS. The van der Waals surface area contributed by atoms with E-state index < -0.39 is 0 Å². The third-order valence-corrected chi connectivity index (χ3v) is 3.77. The fourth-order valence-corrected chi connectivity index (χ4v) is 2.56. The third-order valence-electron chi connectivity index (χ3n) is 2.41. The van der Waals surface area contributed by atoms with Gasteiger partial charge in [0, 0.05) is 10.2 Å². The number of aromatic nitrogens is 2. The van der Waals surface area contributed by atoms with Crippen LogP contribution < -0.4 is 5.73 Å². The first kappa shape index (κ1) is 11.4. The van der Waals surface area contributed by atoms with Crippen LogP contribution in [0.1, 0.15) is 0 Å². The number of thiophene rings is 1. The Labute approximate surface area is 116 Å². The lowest BCUT2D eigenvalue weighted by Crippen LogP contribution is -1.89. The number of benzene rings is 1. The van der Waals surface area contributed by atoms with Gasteiger partial charge in [-0.3, -0.25) is 0 Å². The van der Waals surface area contributed by atoms with Crippen molar-refractivity contribution in [3.63, 3.8) is 0 Å². The summed E-state index contributed by atoms with van der Waals surface area (Å²) in [5.74, 6) is 1.01. The van der Waals surface area contributed by atoms with E-state index in [4.69, 9.17) is 10.3 Å². The van der Waals surface area contributed by atoms with E-state index in [1.54, 1.807) is 17.4 Å². The molecule has 3 aromatic rings. The quantitative estimate of drug-likeness (QED) is 0.729. The molecule has 18 heavy (non-hydrogen) atoms. The summed E-state index contributed by atoms with van der Waals surface area (Å²) in [6.45, 7) is 0. The van der Waals surface area contributed by atoms with E-state index in [-0.39, 0.29) is 0 Å². The van der Waals surface area contributed by atoms with Crippen molar-refractivity contribution >= 4 is 33.0 Å². The van der Waals surface area contributed by atoms with Gasteiger partial charge in [-0.25, -0.2) is 0 Å². The molecule has 90 valence electrons. The topological polar surface area (TPSA) is 64.9 Å². The Balaban J connectivity index is 2.05. The van der Waals surface area contributed by atoms with Gasteiger partial charge in [-0.1, -0.05) is 27.2 Å². The van der Waals surface area contributed by atoms with Crippen molar-refractivity contribution in [1.82, 2.24) is 10.1 Å². The Morgan fingerprint density at radius 3 is 2.94 bits per heavy atom. The summed E-state index contributed by atoms with van der Waals surface area (Å²) < 4.78 is 6.17. The smallest absolute Gasteiger partial charge is 0.260 e. The normalized spacial score (nSPS) is 10.7.